The Morgan fingerprint density at radius 2 is 1.89 bits per heavy atom. The number of likely N-dealkylation sites (tertiary alicyclic amines) is 1. The van der Waals surface area contributed by atoms with Crippen molar-refractivity contribution in [3.63, 3.8) is 0 Å². The van der Waals surface area contributed by atoms with Gasteiger partial charge in [-0.3, -0.25) is 9.69 Å². The first-order valence-electron chi connectivity index (χ1n) is 10.4. The van der Waals surface area contributed by atoms with Gasteiger partial charge in [-0.2, -0.15) is 0 Å². The van der Waals surface area contributed by atoms with E-state index in [-0.39, 0.29) is 5.91 Å². The molecular weight excluding hydrogens is 352 g/mol. The minimum atomic E-state index is -0.692. The number of hydrogen-bond donors (Lipinski definition) is 2. The average molecular weight is 385 g/mol. The van der Waals surface area contributed by atoms with Crippen LogP contribution in [0, 0.1) is 6.92 Å². The SMILES string of the molecule is Cc1ccc2cc(C(=O)N3CCC[C@@](O)(CN4CCN(C)CC4)CC3)[nH]c2c1. The van der Waals surface area contributed by atoms with Gasteiger partial charge in [-0.1, -0.05) is 12.1 Å². The lowest BCUT2D eigenvalue weighted by atomic mass is 9.94. The normalized spacial score (nSPS) is 25.2. The van der Waals surface area contributed by atoms with Crippen LogP contribution in [0.15, 0.2) is 24.3 Å². The minimum Gasteiger partial charge on any atom is -0.388 e. The standard InChI is InChI=1S/C22H32N4O2/c1-17-4-5-18-15-20(23-19(18)14-17)21(27)26-8-3-6-22(28,7-9-26)16-25-12-10-24(2)11-13-25/h4-5,14-15,23,28H,3,6-13,16H2,1-2H3/t22-/m0/s1. The fraction of sp³-hybridized carbons (Fsp3) is 0.591. The zero-order valence-electron chi connectivity index (χ0n) is 17.1. The Morgan fingerprint density at radius 1 is 1.11 bits per heavy atom. The number of carbonyl (C=O) groups is 1. The zero-order valence-corrected chi connectivity index (χ0v) is 17.1. The topological polar surface area (TPSA) is 62.8 Å². The molecule has 2 fully saturated rings. The average Bonchev–Trinajstić information content (AvgIpc) is 2.99. The monoisotopic (exact) mass is 384 g/mol. The number of amides is 1. The number of rotatable bonds is 3. The maximum Gasteiger partial charge on any atom is 0.270 e. The third-order valence-corrected chi connectivity index (χ3v) is 6.33. The molecule has 6 heteroatoms. The number of nitrogens with one attached hydrogen (secondary N) is 1. The molecule has 1 aromatic heterocycles. The number of piperazine rings is 1. The van der Waals surface area contributed by atoms with Gasteiger partial charge >= 0.3 is 0 Å². The molecule has 2 aromatic rings. The second kappa shape index (κ2) is 7.85. The molecule has 0 saturated carbocycles. The molecule has 28 heavy (non-hydrogen) atoms. The highest BCUT2D eigenvalue weighted by Crippen LogP contribution is 2.26. The van der Waals surface area contributed by atoms with Crippen molar-refractivity contribution in [1.82, 2.24) is 19.7 Å². The van der Waals surface area contributed by atoms with Crippen molar-refractivity contribution in [3.8, 4) is 0 Å². The Labute approximate surface area is 167 Å². The largest absolute Gasteiger partial charge is 0.388 e. The van der Waals surface area contributed by atoms with E-state index < -0.39 is 5.60 Å². The first-order chi connectivity index (χ1) is 13.4. The molecule has 2 saturated heterocycles. The van der Waals surface area contributed by atoms with Gasteiger partial charge in [0.25, 0.3) is 5.91 Å². The van der Waals surface area contributed by atoms with Crippen molar-refractivity contribution in [2.75, 3.05) is 52.9 Å². The third kappa shape index (κ3) is 4.24. The Morgan fingerprint density at radius 3 is 2.68 bits per heavy atom. The van der Waals surface area contributed by atoms with Crippen LogP contribution in [0.3, 0.4) is 0 Å². The molecule has 3 heterocycles. The predicted octanol–water partition coefficient (Wildman–Crippen LogP) is 2.08. The number of carbonyl (C=O) groups excluding carboxylic acids is 1. The van der Waals surface area contributed by atoms with Gasteiger partial charge in [0.15, 0.2) is 0 Å². The van der Waals surface area contributed by atoms with Crippen LogP contribution < -0.4 is 0 Å². The van der Waals surface area contributed by atoms with E-state index in [1.54, 1.807) is 0 Å². The number of likely N-dealkylation sites (N-methyl/N-ethyl adjacent to an activating group) is 1. The number of aryl methyl sites for hydroxylation is 1. The number of aliphatic hydroxyl groups is 1. The molecule has 2 N–H and O–H groups in total. The van der Waals surface area contributed by atoms with Crippen LogP contribution in [-0.4, -0.2) is 89.2 Å². The van der Waals surface area contributed by atoms with Crippen molar-refractivity contribution in [2.24, 2.45) is 0 Å². The third-order valence-electron chi connectivity index (χ3n) is 6.33. The van der Waals surface area contributed by atoms with Gasteiger partial charge in [-0.25, -0.2) is 0 Å². The van der Waals surface area contributed by atoms with Crippen molar-refractivity contribution < 1.29 is 9.90 Å². The fourth-order valence-electron chi connectivity index (χ4n) is 4.49. The minimum absolute atomic E-state index is 0.0395. The van der Waals surface area contributed by atoms with Crippen molar-refractivity contribution in [2.45, 2.75) is 31.8 Å². The summed E-state index contributed by atoms with van der Waals surface area (Å²) in [4.78, 5) is 22.9. The zero-order chi connectivity index (χ0) is 19.7. The van der Waals surface area contributed by atoms with Crippen molar-refractivity contribution >= 4 is 16.8 Å². The van der Waals surface area contributed by atoms with Crippen LogP contribution in [0.5, 0.6) is 0 Å². The van der Waals surface area contributed by atoms with E-state index in [0.29, 0.717) is 31.7 Å². The molecule has 4 rings (SSSR count). The second-order valence-electron chi connectivity index (χ2n) is 8.72. The van der Waals surface area contributed by atoms with Gasteiger partial charge in [-0.05, 0) is 50.9 Å². The molecule has 2 aliphatic rings. The summed E-state index contributed by atoms with van der Waals surface area (Å²) in [5.74, 6) is 0.0395. The quantitative estimate of drug-likeness (QED) is 0.851. The summed E-state index contributed by atoms with van der Waals surface area (Å²) in [6.07, 6.45) is 2.24. The van der Waals surface area contributed by atoms with Gasteiger partial charge in [0.2, 0.25) is 0 Å². The molecular formula is C22H32N4O2. The summed E-state index contributed by atoms with van der Waals surface area (Å²) in [7, 11) is 2.15. The van der Waals surface area contributed by atoms with Gasteiger partial charge < -0.3 is 19.9 Å². The molecule has 0 radical (unpaired) electrons. The van der Waals surface area contributed by atoms with Crippen molar-refractivity contribution in [3.05, 3.63) is 35.5 Å². The molecule has 152 valence electrons. The number of hydrogen-bond acceptors (Lipinski definition) is 4. The maximum absolute atomic E-state index is 13.0. The van der Waals surface area contributed by atoms with Crippen LogP contribution in [0.2, 0.25) is 0 Å². The molecule has 0 aliphatic carbocycles. The second-order valence-corrected chi connectivity index (χ2v) is 8.72. The number of aromatic amines is 1. The summed E-state index contributed by atoms with van der Waals surface area (Å²) >= 11 is 0. The van der Waals surface area contributed by atoms with Gasteiger partial charge in [0.1, 0.15) is 5.69 Å². The lowest BCUT2D eigenvalue weighted by molar-refractivity contribution is -0.0179. The van der Waals surface area contributed by atoms with E-state index in [1.165, 1.54) is 5.56 Å². The van der Waals surface area contributed by atoms with Crippen molar-refractivity contribution in [1.29, 1.82) is 0 Å². The molecule has 0 bridgehead atoms. The molecule has 0 spiro atoms. The first-order valence-corrected chi connectivity index (χ1v) is 10.4. The highest BCUT2D eigenvalue weighted by atomic mass is 16.3. The summed E-state index contributed by atoms with van der Waals surface area (Å²) < 4.78 is 0. The lowest BCUT2D eigenvalue weighted by Crippen LogP contribution is -2.51. The number of fused-ring (bicyclic) bond motifs is 1. The number of benzene rings is 1. The highest BCUT2D eigenvalue weighted by Gasteiger charge is 2.34. The Bertz CT molecular complexity index is 840. The summed E-state index contributed by atoms with van der Waals surface area (Å²) in [5, 5.41) is 12.2. The molecule has 0 unspecified atom stereocenters. The van der Waals surface area contributed by atoms with E-state index in [2.05, 4.69) is 47.0 Å². The number of H-pyrrole nitrogens is 1. The summed E-state index contributed by atoms with van der Waals surface area (Å²) in [6.45, 7) is 8.22. The predicted molar refractivity (Wildman–Crippen MR) is 112 cm³/mol. The van der Waals surface area contributed by atoms with Crippen LogP contribution in [-0.2, 0) is 0 Å². The molecule has 1 aromatic carbocycles. The van der Waals surface area contributed by atoms with E-state index in [1.807, 2.05) is 11.0 Å². The smallest absolute Gasteiger partial charge is 0.270 e. The number of aromatic nitrogens is 1. The van der Waals surface area contributed by atoms with Crippen LogP contribution in [0.4, 0.5) is 0 Å². The molecule has 1 amide bonds. The molecule has 2 aliphatic heterocycles. The highest BCUT2D eigenvalue weighted by molar-refractivity contribution is 5.98. The molecule has 6 nitrogen and oxygen atoms in total. The van der Waals surface area contributed by atoms with Gasteiger partial charge in [0, 0.05) is 56.7 Å². The van der Waals surface area contributed by atoms with E-state index in [4.69, 9.17) is 0 Å². The Balaban J connectivity index is 1.40. The van der Waals surface area contributed by atoms with Gasteiger partial charge in [0.05, 0.1) is 5.60 Å². The lowest BCUT2D eigenvalue weighted by Gasteiger charge is -2.38. The molecule has 1 atom stereocenters. The van der Waals surface area contributed by atoms with Gasteiger partial charge in [-0.15, -0.1) is 0 Å². The Hall–Kier alpha value is -1.89. The Kier molecular flexibility index (Phi) is 5.45. The number of nitrogens with zero attached hydrogens (tertiary/aromatic N) is 3. The van der Waals surface area contributed by atoms with E-state index in [9.17, 15) is 9.90 Å². The van der Waals surface area contributed by atoms with Crippen LogP contribution in [0.25, 0.3) is 10.9 Å². The van der Waals surface area contributed by atoms with E-state index in [0.717, 1.165) is 49.9 Å². The van der Waals surface area contributed by atoms with Crippen LogP contribution in [0.1, 0.15) is 35.3 Å². The van der Waals surface area contributed by atoms with Crippen LogP contribution >= 0.6 is 0 Å². The number of β-amino-alcohol motifs (C(OH)–C–C–N with tert-alkyl or cyclic N) is 1. The fourth-order valence-corrected chi connectivity index (χ4v) is 4.49. The van der Waals surface area contributed by atoms with E-state index >= 15 is 0 Å². The summed E-state index contributed by atoms with van der Waals surface area (Å²) in [5.41, 5.74) is 2.13. The first kappa shape index (κ1) is 19.4. The summed E-state index contributed by atoms with van der Waals surface area (Å²) in [6, 6.07) is 8.13. The maximum atomic E-state index is 13.0.